The number of aromatic nitrogens is 2. The number of rotatable bonds is 5. The maximum atomic E-state index is 4.46. The molecule has 0 unspecified atom stereocenters. The van der Waals surface area contributed by atoms with Gasteiger partial charge in [-0.25, -0.2) is 4.98 Å². The van der Waals surface area contributed by atoms with Crippen molar-refractivity contribution in [1.29, 1.82) is 0 Å². The molecule has 2 N–H and O–H groups in total. The van der Waals surface area contributed by atoms with Crippen LogP contribution in [-0.4, -0.2) is 16.5 Å². The highest BCUT2D eigenvalue weighted by atomic mass is 15.0. The fourth-order valence-corrected chi connectivity index (χ4v) is 2.47. The van der Waals surface area contributed by atoms with Crippen LogP contribution in [0.15, 0.2) is 30.5 Å². The predicted octanol–water partition coefficient (Wildman–Crippen LogP) is 3.87. The van der Waals surface area contributed by atoms with Crippen LogP contribution in [0.4, 0.5) is 0 Å². The lowest BCUT2D eigenvalue weighted by molar-refractivity contribution is 0.590. The average Bonchev–Trinajstić information content (AvgIpc) is 3.14. The summed E-state index contributed by atoms with van der Waals surface area (Å²) in [6, 6.07) is 8.77. The molecule has 3 rings (SSSR count). The van der Waals surface area contributed by atoms with E-state index in [4.69, 9.17) is 0 Å². The largest absolute Gasteiger partial charge is 0.341 e. The number of H-pyrrole nitrogens is 1. The summed E-state index contributed by atoms with van der Waals surface area (Å²) in [5, 5.41) is 3.46. The van der Waals surface area contributed by atoms with Crippen LogP contribution in [-0.2, 0) is 12.0 Å². The van der Waals surface area contributed by atoms with Crippen LogP contribution in [0.25, 0.3) is 11.3 Å². The van der Waals surface area contributed by atoms with E-state index in [1.807, 2.05) is 6.20 Å². The number of aromatic amines is 1. The summed E-state index contributed by atoms with van der Waals surface area (Å²) >= 11 is 0. The second-order valence-electron chi connectivity index (χ2n) is 7.15. The Kier molecular flexibility index (Phi) is 3.85. The zero-order valence-corrected chi connectivity index (χ0v) is 13.2. The third-order valence-electron chi connectivity index (χ3n) is 4.11. The van der Waals surface area contributed by atoms with Crippen molar-refractivity contribution in [2.45, 2.75) is 45.6 Å². The zero-order valence-electron chi connectivity index (χ0n) is 13.2. The first kappa shape index (κ1) is 14.3. The van der Waals surface area contributed by atoms with E-state index in [-0.39, 0.29) is 5.41 Å². The van der Waals surface area contributed by atoms with E-state index in [9.17, 15) is 0 Å². The average molecular weight is 283 g/mol. The van der Waals surface area contributed by atoms with Gasteiger partial charge in [-0.1, -0.05) is 45.0 Å². The van der Waals surface area contributed by atoms with Crippen molar-refractivity contribution in [2.75, 3.05) is 6.54 Å². The Balaban J connectivity index is 1.64. The van der Waals surface area contributed by atoms with Gasteiger partial charge in [-0.15, -0.1) is 0 Å². The van der Waals surface area contributed by atoms with Crippen LogP contribution in [0.2, 0.25) is 0 Å². The third kappa shape index (κ3) is 3.73. The van der Waals surface area contributed by atoms with E-state index in [1.165, 1.54) is 24.0 Å². The predicted molar refractivity (Wildman–Crippen MR) is 87.2 cm³/mol. The molecule has 112 valence electrons. The second kappa shape index (κ2) is 5.64. The number of nitrogens with zero attached hydrogens (tertiary/aromatic N) is 1. The molecule has 3 nitrogen and oxygen atoms in total. The van der Waals surface area contributed by atoms with E-state index in [2.05, 4.69) is 60.3 Å². The van der Waals surface area contributed by atoms with Crippen LogP contribution in [0.1, 0.15) is 45.0 Å². The Morgan fingerprint density at radius 2 is 1.90 bits per heavy atom. The van der Waals surface area contributed by atoms with Gasteiger partial charge in [0.2, 0.25) is 0 Å². The minimum atomic E-state index is 0.199. The maximum absolute atomic E-state index is 4.46. The smallest absolute Gasteiger partial charge is 0.120 e. The summed E-state index contributed by atoms with van der Waals surface area (Å²) in [4.78, 5) is 7.87. The molecule has 0 bridgehead atoms. The van der Waals surface area contributed by atoms with Crippen molar-refractivity contribution in [3.05, 3.63) is 41.9 Å². The minimum absolute atomic E-state index is 0.199. The fourth-order valence-electron chi connectivity index (χ4n) is 2.47. The topological polar surface area (TPSA) is 40.7 Å². The van der Waals surface area contributed by atoms with E-state index >= 15 is 0 Å². The minimum Gasteiger partial charge on any atom is -0.341 e. The van der Waals surface area contributed by atoms with Gasteiger partial charge in [0, 0.05) is 0 Å². The summed E-state index contributed by atoms with van der Waals surface area (Å²) in [6.07, 6.45) is 4.70. The lowest BCUT2D eigenvalue weighted by Crippen LogP contribution is -2.16. The molecular weight excluding hydrogens is 258 g/mol. The van der Waals surface area contributed by atoms with Crippen molar-refractivity contribution < 1.29 is 0 Å². The van der Waals surface area contributed by atoms with Crippen LogP contribution in [0.3, 0.4) is 0 Å². The zero-order chi connectivity index (χ0) is 14.9. The molecule has 3 heteroatoms. The van der Waals surface area contributed by atoms with E-state index in [1.54, 1.807) is 0 Å². The Hall–Kier alpha value is -1.61. The molecule has 1 aromatic heterocycles. The van der Waals surface area contributed by atoms with E-state index in [0.29, 0.717) is 0 Å². The number of imidazole rings is 1. The Labute approximate surface area is 127 Å². The molecule has 0 atom stereocenters. The molecule has 0 saturated heterocycles. The van der Waals surface area contributed by atoms with Gasteiger partial charge in [0.25, 0.3) is 0 Å². The van der Waals surface area contributed by atoms with Gasteiger partial charge in [0.15, 0.2) is 0 Å². The Morgan fingerprint density at radius 1 is 1.19 bits per heavy atom. The number of hydrogen-bond acceptors (Lipinski definition) is 2. The van der Waals surface area contributed by atoms with E-state index < -0.39 is 0 Å². The monoisotopic (exact) mass is 283 g/mol. The first-order chi connectivity index (χ1) is 10.0. The molecular formula is C18H25N3. The van der Waals surface area contributed by atoms with Crippen molar-refractivity contribution in [1.82, 2.24) is 15.3 Å². The van der Waals surface area contributed by atoms with E-state index in [0.717, 1.165) is 30.5 Å². The van der Waals surface area contributed by atoms with Crippen molar-refractivity contribution >= 4 is 0 Å². The summed E-state index contributed by atoms with van der Waals surface area (Å²) in [5.41, 5.74) is 3.85. The van der Waals surface area contributed by atoms with Crippen LogP contribution < -0.4 is 5.32 Å². The standard InChI is InChI=1S/C18H25N3/c1-18(2,3)15-8-6-14(7-9-15)16-11-20-17(21-16)12-19-10-13-4-5-13/h6-9,11,13,19H,4-5,10,12H2,1-3H3,(H,20,21). The molecule has 1 heterocycles. The summed E-state index contributed by atoms with van der Waals surface area (Å²) in [6.45, 7) is 8.67. The molecule has 0 amide bonds. The molecule has 1 aliphatic carbocycles. The molecule has 1 aromatic carbocycles. The number of benzene rings is 1. The van der Waals surface area contributed by atoms with Crippen LogP contribution in [0.5, 0.6) is 0 Å². The summed E-state index contributed by atoms with van der Waals surface area (Å²) < 4.78 is 0. The van der Waals surface area contributed by atoms with Gasteiger partial charge >= 0.3 is 0 Å². The highest BCUT2D eigenvalue weighted by molar-refractivity contribution is 5.59. The van der Waals surface area contributed by atoms with Crippen molar-refractivity contribution in [2.24, 2.45) is 5.92 Å². The molecule has 1 saturated carbocycles. The van der Waals surface area contributed by atoms with Crippen LogP contribution in [0, 0.1) is 5.92 Å². The first-order valence-electron chi connectivity index (χ1n) is 7.88. The molecule has 0 radical (unpaired) electrons. The summed E-state index contributed by atoms with van der Waals surface area (Å²) in [7, 11) is 0. The molecule has 21 heavy (non-hydrogen) atoms. The van der Waals surface area contributed by atoms with Crippen molar-refractivity contribution in [3.63, 3.8) is 0 Å². The lowest BCUT2D eigenvalue weighted by atomic mass is 9.86. The third-order valence-corrected chi connectivity index (χ3v) is 4.11. The van der Waals surface area contributed by atoms with Gasteiger partial charge in [-0.05, 0) is 41.8 Å². The highest BCUT2D eigenvalue weighted by Gasteiger charge is 2.20. The SMILES string of the molecule is CC(C)(C)c1ccc(-c2cnc(CNCC3CC3)[nH]2)cc1. The number of nitrogens with one attached hydrogen (secondary N) is 2. The molecule has 1 fully saturated rings. The summed E-state index contributed by atoms with van der Waals surface area (Å²) in [5.74, 6) is 1.93. The Morgan fingerprint density at radius 3 is 2.52 bits per heavy atom. The van der Waals surface area contributed by atoms with Gasteiger partial charge in [0.1, 0.15) is 5.82 Å². The van der Waals surface area contributed by atoms with Gasteiger partial charge in [-0.3, -0.25) is 0 Å². The maximum Gasteiger partial charge on any atom is 0.120 e. The molecule has 0 aliphatic heterocycles. The van der Waals surface area contributed by atoms with Crippen LogP contribution >= 0.6 is 0 Å². The Bertz CT molecular complexity index is 586. The second-order valence-corrected chi connectivity index (χ2v) is 7.15. The van der Waals surface area contributed by atoms with Gasteiger partial charge in [-0.2, -0.15) is 0 Å². The van der Waals surface area contributed by atoms with Gasteiger partial charge < -0.3 is 10.3 Å². The molecule has 0 spiro atoms. The molecule has 1 aliphatic rings. The highest BCUT2D eigenvalue weighted by Crippen LogP contribution is 2.28. The lowest BCUT2D eigenvalue weighted by Gasteiger charge is -2.18. The quantitative estimate of drug-likeness (QED) is 0.874. The number of hydrogen-bond donors (Lipinski definition) is 2. The van der Waals surface area contributed by atoms with Gasteiger partial charge in [0.05, 0.1) is 18.4 Å². The molecule has 2 aromatic rings. The normalized spacial score (nSPS) is 15.4. The first-order valence-corrected chi connectivity index (χ1v) is 7.88. The fraction of sp³-hybridized carbons (Fsp3) is 0.500. The van der Waals surface area contributed by atoms with Crippen molar-refractivity contribution in [3.8, 4) is 11.3 Å².